The van der Waals surface area contributed by atoms with Crippen LogP contribution >= 0.6 is 11.6 Å². The van der Waals surface area contributed by atoms with E-state index < -0.39 is 0 Å². The molecule has 118 valence electrons. The molecule has 1 aromatic carbocycles. The van der Waals surface area contributed by atoms with Crippen molar-refractivity contribution in [3.05, 3.63) is 47.2 Å². The van der Waals surface area contributed by atoms with Gasteiger partial charge in [0.2, 0.25) is 5.88 Å². The number of nitrogens with zero attached hydrogens (tertiary/aromatic N) is 2. The summed E-state index contributed by atoms with van der Waals surface area (Å²) >= 11 is 5.88. The molecular formula is C16H20ClN3O2. The number of halogens is 1. The Morgan fingerprint density at radius 3 is 2.59 bits per heavy atom. The van der Waals surface area contributed by atoms with Crippen LogP contribution in [0.25, 0.3) is 0 Å². The zero-order valence-corrected chi connectivity index (χ0v) is 13.4. The minimum atomic E-state index is -0.285. The van der Waals surface area contributed by atoms with E-state index in [4.69, 9.17) is 16.3 Å². The number of hydrogen-bond donors (Lipinski definition) is 2. The van der Waals surface area contributed by atoms with Crippen molar-refractivity contribution in [1.29, 1.82) is 0 Å². The molecule has 2 N–H and O–H groups in total. The van der Waals surface area contributed by atoms with Crippen LogP contribution in [-0.2, 0) is 0 Å². The molecule has 0 aliphatic rings. The summed E-state index contributed by atoms with van der Waals surface area (Å²) < 4.78 is 5.55. The fourth-order valence-electron chi connectivity index (χ4n) is 1.85. The molecule has 0 aliphatic carbocycles. The highest BCUT2D eigenvalue weighted by molar-refractivity contribution is 6.30. The Hall–Kier alpha value is -1.85. The van der Waals surface area contributed by atoms with E-state index in [0.29, 0.717) is 29.2 Å². The van der Waals surface area contributed by atoms with Crippen molar-refractivity contribution in [3.63, 3.8) is 0 Å². The molecule has 0 aliphatic heterocycles. The third kappa shape index (κ3) is 4.86. The Balaban J connectivity index is 2.07. The Morgan fingerprint density at radius 1 is 1.23 bits per heavy atom. The van der Waals surface area contributed by atoms with E-state index in [1.54, 1.807) is 24.5 Å². The first-order valence-electron chi connectivity index (χ1n) is 7.16. The number of nitrogens with one attached hydrogen (secondary N) is 1. The highest BCUT2D eigenvalue weighted by Gasteiger charge is 2.11. The molecule has 0 radical (unpaired) electrons. The van der Waals surface area contributed by atoms with Crippen LogP contribution in [0.15, 0.2) is 36.7 Å². The maximum atomic E-state index is 9.58. The molecule has 1 heterocycles. The number of aliphatic hydroxyl groups excluding tert-OH is 1. The van der Waals surface area contributed by atoms with Crippen molar-refractivity contribution in [2.75, 3.05) is 18.5 Å². The molecule has 0 amide bonds. The van der Waals surface area contributed by atoms with Crippen LogP contribution in [0.5, 0.6) is 5.88 Å². The fraction of sp³-hybridized carbons (Fsp3) is 0.375. The minimum Gasteiger partial charge on any atom is -0.476 e. The van der Waals surface area contributed by atoms with E-state index in [2.05, 4.69) is 29.1 Å². The smallest absolute Gasteiger partial charge is 0.234 e. The van der Waals surface area contributed by atoms with Gasteiger partial charge in [0.1, 0.15) is 5.82 Å². The zero-order valence-electron chi connectivity index (χ0n) is 12.7. The van der Waals surface area contributed by atoms with Crippen LogP contribution in [0.1, 0.15) is 25.5 Å². The SMILES string of the molecule is CC(C)COc1cncc(NC(CO)c2ccc(Cl)cc2)n1. The molecule has 2 aromatic rings. The summed E-state index contributed by atoms with van der Waals surface area (Å²) in [5.41, 5.74) is 0.919. The normalized spacial score (nSPS) is 12.2. The van der Waals surface area contributed by atoms with Crippen molar-refractivity contribution in [3.8, 4) is 5.88 Å². The second-order valence-corrected chi connectivity index (χ2v) is 5.81. The maximum absolute atomic E-state index is 9.58. The molecule has 0 saturated carbocycles. The lowest BCUT2D eigenvalue weighted by molar-refractivity contribution is 0.260. The van der Waals surface area contributed by atoms with Gasteiger partial charge < -0.3 is 15.2 Å². The quantitative estimate of drug-likeness (QED) is 0.819. The van der Waals surface area contributed by atoms with E-state index in [1.165, 1.54) is 0 Å². The van der Waals surface area contributed by atoms with E-state index in [9.17, 15) is 5.11 Å². The number of aliphatic hydroxyl groups is 1. The summed E-state index contributed by atoms with van der Waals surface area (Å²) in [6.45, 7) is 4.65. The van der Waals surface area contributed by atoms with E-state index >= 15 is 0 Å². The van der Waals surface area contributed by atoms with Gasteiger partial charge in [0, 0.05) is 5.02 Å². The summed E-state index contributed by atoms with van der Waals surface area (Å²) in [5.74, 6) is 1.43. The van der Waals surface area contributed by atoms with Crippen molar-refractivity contribution in [1.82, 2.24) is 9.97 Å². The summed E-state index contributed by atoms with van der Waals surface area (Å²) in [6.07, 6.45) is 3.17. The molecule has 22 heavy (non-hydrogen) atoms. The van der Waals surface area contributed by atoms with Gasteiger partial charge in [-0.1, -0.05) is 37.6 Å². The van der Waals surface area contributed by atoms with Gasteiger partial charge in [0.05, 0.1) is 31.6 Å². The molecule has 1 aromatic heterocycles. The molecule has 0 saturated heterocycles. The highest BCUT2D eigenvalue weighted by Crippen LogP contribution is 2.21. The average molecular weight is 322 g/mol. The molecule has 6 heteroatoms. The van der Waals surface area contributed by atoms with Gasteiger partial charge in [0.25, 0.3) is 0 Å². The predicted octanol–water partition coefficient (Wildman–Crippen LogP) is 3.31. The van der Waals surface area contributed by atoms with Gasteiger partial charge >= 0.3 is 0 Å². The monoisotopic (exact) mass is 321 g/mol. The summed E-state index contributed by atoms with van der Waals surface area (Å²) in [7, 11) is 0. The fourth-order valence-corrected chi connectivity index (χ4v) is 1.97. The van der Waals surface area contributed by atoms with Crippen LogP contribution < -0.4 is 10.1 Å². The first kappa shape index (κ1) is 16.5. The molecule has 0 fully saturated rings. The van der Waals surface area contributed by atoms with Gasteiger partial charge in [-0.25, -0.2) is 0 Å². The van der Waals surface area contributed by atoms with E-state index in [0.717, 1.165) is 5.56 Å². The number of anilines is 1. The third-order valence-corrected chi connectivity index (χ3v) is 3.21. The molecular weight excluding hydrogens is 302 g/mol. The van der Waals surface area contributed by atoms with Gasteiger partial charge in [-0.15, -0.1) is 0 Å². The predicted molar refractivity (Wildman–Crippen MR) is 87.3 cm³/mol. The second-order valence-electron chi connectivity index (χ2n) is 5.38. The summed E-state index contributed by atoms with van der Waals surface area (Å²) in [6, 6.07) is 7.02. The van der Waals surface area contributed by atoms with Crippen molar-refractivity contribution in [2.24, 2.45) is 5.92 Å². The Kier molecular flexibility index (Phi) is 5.98. The molecule has 1 atom stereocenters. The molecule has 1 unspecified atom stereocenters. The lowest BCUT2D eigenvalue weighted by Crippen LogP contribution is -2.16. The Bertz CT molecular complexity index is 590. The number of rotatable bonds is 7. The first-order valence-corrected chi connectivity index (χ1v) is 7.54. The second kappa shape index (κ2) is 7.96. The standard InChI is InChI=1S/C16H20ClN3O2/c1-11(2)10-22-16-8-18-7-15(20-16)19-14(9-21)12-3-5-13(17)6-4-12/h3-8,11,14,21H,9-10H2,1-2H3,(H,19,20). The highest BCUT2D eigenvalue weighted by atomic mass is 35.5. The number of ether oxygens (including phenoxy) is 1. The minimum absolute atomic E-state index is 0.0691. The van der Waals surface area contributed by atoms with Crippen LogP contribution in [-0.4, -0.2) is 28.3 Å². The largest absolute Gasteiger partial charge is 0.476 e. The summed E-state index contributed by atoms with van der Waals surface area (Å²) in [4.78, 5) is 8.45. The van der Waals surface area contributed by atoms with Crippen molar-refractivity contribution < 1.29 is 9.84 Å². The van der Waals surface area contributed by atoms with Crippen LogP contribution in [0.3, 0.4) is 0 Å². The third-order valence-electron chi connectivity index (χ3n) is 2.95. The Morgan fingerprint density at radius 2 is 1.95 bits per heavy atom. The first-order chi connectivity index (χ1) is 10.6. The lowest BCUT2D eigenvalue weighted by atomic mass is 10.1. The van der Waals surface area contributed by atoms with E-state index in [-0.39, 0.29) is 12.6 Å². The van der Waals surface area contributed by atoms with Gasteiger partial charge in [-0.3, -0.25) is 4.98 Å². The van der Waals surface area contributed by atoms with Crippen molar-refractivity contribution >= 4 is 17.4 Å². The molecule has 0 spiro atoms. The topological polar surface area (TPSA) is 67.3 Å². The number of aromatic nitrogens is 2. The molecule has 0 bridgehead atoms. The lowest BCUT2D eigenvalue weighted by Gasteiger charge is -2.17. The molecule has 2 rings (SSSR count). The number of hydrogen-bond acceptors (Lipinski definition) is 5. The van der Waals surface area contributed by atoms with Gasteiger partial charge in [-0.2, -0.15) is 4.98 Å². The molecule has 5 nitrogen and oxygen atoms in total. The van der Waals surface area contributed by atoms with Crippen molar-refractivity contribution in [2.45, 2.75) is 19.9 Å². The Labute approximate surface area is 135 Å². The summed E-state index contributed by atoms with van der Waals surface area (Å²) in [5, 5.41) is 13.4. The van der Waals surface area contributed by atoms with Crippen LogP contribution in [0, 0.1) is 5.92 Å². The van der Waals surface area contributed by atoms with E-state index in [1.807, 2.05) is 12.1 Å². The van der Waals surface area contributed by atoms with Gasteiger partial charge in [-0.05, 0) is 23.6 Å². The number of benzene rings is 1. The van der Waals surface area contributed by atoms with Gasteiger partial charge in [0.15, 0.2) is 0 Å². The van der Waals surface area contributed by atoms with Crippen LogP contribution in [0.2, 0.25) is 5.02 Å². The van der Waals surface area contributed by atoms with Crippen LogP contribution in [0.4, 0.5) is 5.82 Å². The average Bonchev–Trinajstić information content (AvgIpc) is 2.52. The maximum Gasteiger partial charge on any atom is 0.234 e. The zero-order chi connectivity index (χ0) is 15.9.